The van der Waals surface area contributed by atoms with Crippen LogP contribution in [0.3, 0.4) is 0 Å². The minimum absolute atomic E-state index is 0.145. The monoisotopic (exact) mass is 274 g/mol. The van der Waals surface area contributed by atoms with Crippen LogP contribution in [-0.2, 0) is 11.0 Å². The number of nitrogens with two attached hydrogens (primary N) is 1. The van der Waals surface area contributed by atoms with Crippen LogP contribution in [0.15, 0.2) is 18.2 Å². The van der Waals surface area contributed by atoms with E-state index in [4.69, 9.17) is 5.73 Å². The van der Waals surface area contributed by atoms with Gasteiger partial charge in [0, 0.05) is 5.69 Å². The maximum atomic E-state index is 12.6. The Morgan fingerprint density at radius 1 is 1.42 bits per heavy atom. The van der Waals surface area contributed by atoms with Gasteiger partial charge in [-0.2, -0.15) is 13.2 Å². The van der Waals surface area contributed by atoms with Crippen LogP contribution in [0.1, 0.15) is 30.9 Å². The molecule has 1 amide bonds. The van der Waals surface area contributed by atoms with E-state index in [9.17, 15) is 18.0 Å². The van der Waals surface area contributed by atoms with E-state index in [2.05, 4.69) is 5.32 Å². The fourth-order valence-electron chi connectivity index (χ4n) is 1.60. The van der Waals surface area contributed by atoms with Gasteiger partial charge in [0.2, 0.25) is 5.91 Å². The summed E-state index contributed by atoms with van der Waals surface area (Å²) in [5.74, 6) is -0.468. The van der Waals surface area contributed by atoms with E-state index in [-0.39, 0.29) is 5.69 Å². The lowest BCUT2D eigenvalue weighted by molar-refractivity contribution is -0.137. The molecule has 1 atom stereocenters. The van der Waals surface area contributed by atoms with E-state index < -0.39 is 23.7 Å². The molecule has 3 nitrogen and oxygen atoms in total. The van der Waals surface area contributed by atoms with Crippen LogP contribution in [0.4, 0.5) is 18.9 Å². The zero-order valence-corrected chi connectivity index (χ0v) is 10.8. The van der Waals surface area contributed by atoms with E-state index >= 15 is 0 Å². The van der Waals surface area contributed by atoms with Gasteiger partial charge < -0.3 is 11.1 Å². The molecule has 1 rings (SSSR count). The Bertz CT molecular complexity index is 458. The van der Waals surface area contributed by atoms with Crippen molar-refractivity contribution in [3.63, 3.8) is 0 Å². The summed E-state index contributed by atoms with van der Waals surface area (Å²) in [6.07, 6.45) is -3.21. The normalized spacial score (nSPS) is 13.2. The zero-order valence-electron chi connectivity index (χ0n) is 10.8. The lowest BCUT2D eigenvalue weighted by atomic mass is 10.1. The van der Waals surface area contributed by atoms with Gasteiger partial charge >= 0.3 is 6.18 Å². The molecular formula is C13H17F3N2O. The van der Waals surface area contributed by atoms with E-state index in [1.54, 1.807) is 6.92 Å². The summed E-state index contributed by atoms with van der Waals surface area (Å²) < 4.78 is 37.7. The highest BCUT2D eigenvalue weighted by Gasteiger charge is 2.31. The molecule has 0 saturated heterocycles. The van der Waals surface area contributed by atoms with E-state index in [1.165, 1.54) is 6.07 Å². The van der Waals surface area contributed by atoms with Gasteiger partial charge in [0.1, 0.15) is 0 Å². The predicted molar refractivity (Wildman–Crippen MR) is 67.7 cm³/mol. The quantitative estimate of drug-likeness (QED) is 0.886. The summed E-state index contributed by atoms with van der Waals surface area (Å²) in [4.78, 5) is 11.7. The average Bonchev–Trinajstić information content (AvgIpc) is 2.30. The summed E-state index contributed by atoms with van der Waals surface area (Å²) in [6.45, 7) is 3.50. The number of nitrogens with one attached hydrogen (secondary N) is 1. The number of amides is 1. The van der Waals surface area contributed by atoms with Crippen LogP contribution < -0.4 is 11.1 Å². The zero-order chi connectivity index (χ0) is 14.6. The molecule has 0 saturated carbocycles. The first-order valence-corrected chi connectivity index (χ1v) is 6.00. The SMILES string of the molecule is CCC[C@H](N)C(=O)Nc1cc(C(F)(F)F)ccc1C. The summed E-state index contributed by atoms with van der Waals surface area (Å²) in [7, 11) is 0. The largest absolute Gasteiger partial charge is 0.416 e. The number of carbonyl (C=O) groups excluding carboxylic acids is 1. The van der Waals surface area contributed by atoms with Gasteiger partial charge in [-0.3, -0.25) is 4.79 Å². The van der Waals surface area contributed by atoms with Gasteiger partial charge in [-0.1, -0.05) is 19.4 Å². The summed E-state index contributed by atoms with van der Waals surface area (Å²) in [6, 6.07) is 2.52. The number of hydrogen-bond donors (Lipinski definition) is 2. The number of alkyl halides is 3. The average molecular weight is 274 g/mol. The molecule has 0 fully saturated rings. The number of halogens is 3. The summed E-state index contributed by atoms with van der Waals surface area (Å²) in [5, 5.41) is 2.44. The Kier molecular flexibility index (Phi) is 4.94. The maximum absolute atomic E-state index is 12.6. The lowest BCUT2D eigenvalue weighted by Gasteiger charge is -2.15. The second kappa shape index (κ2) is 6.06. The molecule has 1 aromatic carbocycles. The molecule has 0 aromatic heterocycles. The Morgan fingerprint density at radius 3 is 2.58 bits per heavy atom. The number of anilines is 1. The molecule has 0 radical (unpaired) electrons. The van der Waals surface area contributed by atoms with Gasteiger partial charge in [0.05, 0.1) is 11.6 Å². The van der Waals surface area contributed by atoms with Crippen molar-refractivity contribution in [3.8, 4) is 0 Å². The van der Waals surface area contributed by atoms with Crippen molar-refractivity contribution in [2.24, 2.45) is 5.73 Å². The third kappa shape index (κ3) is 4.24. The molecule has 0 aliphatic heterocycles. The van der Waals surface area contributed by atoms with Crippen LogP contribution in [-0.4, -0.2) is 11.9 Å². The first kappa shape index (κ1) is 15.5. The number of carbonyl (C=O) groups is 1. The fraction of sp³-hybridized carbons (Fsp3) is 0.462. The Hall–Kier alpha value is -1.56. The Labute approximate surface area is 110 Å². The fourth-order valence-corrected chi connectivity index (χ4v) is 1.60. The molecule has 0 heterocycles. The van der Waals surface area contributed by atoms with Crippen molar-refractivity contribution in [3.05, 3.63) is 29.3 Å². The number of aryl methyl sites for hydroxylation is 1. The standard InChI is InChI=1S/C13H17F3N2O/c1-3-4-10(17)12(19)18-11-7-9(13(14,15)16)6-5-8(11)2/h5-7,10H,3-4,17H2,1-2H3,(H,18,19)/t10-/m0/s1. The molecule has 19 heavy (non-hydrogen) atoms. The van der Waals surface area contributed by atoms with E-state index in [1.807, 2.05) is 6.92 Å². The minimum atomic E-state index is -4.43. The first-order chi connectivity index (χ1) is 8.75. The highest BCUT2D eigenvalue weighted by atomic mass is 19.4. The van der Waals surface area contributed by atoms with Crippen molar-refractivity contribution in [1.29, 1.82) is 0 Å². The topological polar surface area (TPSA) is 55.1 Å². The Morgan fingerprint density at radius 2 is 2.05 bits per heavy atom. The molecule has 106 valence electrons. The van der Waals surface area contributed by atoms with Crippen LogP contribution in [0.5, 0.6) is 0 Å². The number of rotatable bonds is 4. The predicted octanol–water partition coefficient (Wildman–Crippen LogP) is 3.08. The van der Waals surface area contributed by atoms with Crippen molar-refractivity contribution in [2.45, 2.75) is 38.9 Å². The summed E-state index contributed by atoms with van der Waals surface area (Å²) >= 11 is 0. The summed E-state index contributed by atoms with van der Waals surface area (Å²) in [5.41, 5.74) is 5.53. The van der Waals surface area contributed by atoms with Gasteiger partial charge in [-0.25, -0.2) is 0 Å². The third-order valence-corrected chi connectivity index (χ3v) is 2.76. The molecular weight excluding hydrogens is 257 g/mol. The molecule has 0 spiro atoms. The second-order valence-electron chi connectivity index (χ2n) is 4.41. The molecule has 1 aromatic rings. The van der Waals surface area contributed by atoms with Crippen LogP contribution in [0, 0.1) is 6.92 Å². The lowest BCUT2D eigenvalue weighted by Crippen LogP contribution is -2.35. The Balaban J connectivity index is 2.92. The molecule has 0 bridgehead atoms. The highest BCUT2D eigenvalue weighted by molar-refractivity contribution is 5.95. The van der Waals surface area contributed by atoms with Crippen molar-refractivity contribution >= 4 is 11.6 Å². The second-order valence-corrected chi connectivity index (χ2v) is 4.41. The molecule has 0 unspecified atom stereocenters. The van der Waals surface area contributed by atoms with Crippen LogP contribution in [0.25, 0.3) is 0 Å². The van der Waals surface area contributed by atoms with Gasteiger partial charge in [0.15, 0.2) is 0 Å². The van der Waals surface area contributed by atoms with Gasteiger partial charge in [0.25, 0.3) is 0 Å². The van der Waals surface area contributed by atoms with Crippen molar-refractivity contribution in [2.75, 3.05) is 5.32 Å². The third-order valence-electron chi connectivity index (χ3n) is 2.76. The molecule has 3 N–H and O–H groups in total. The maximum Gasteiger partial charge on any atom is 0.416 e. The van der Waals surface area contributed by atoms with Crippen LogP contribution in [0.2, 0.25) is 0 Å². The molecule has 6 heteroatoms. The van der Waals surface area contributed by atoms with Crippen molar-refractivity contribution < 1.29 is 18.0 Å². The number of benzene rings is 1. The highest BCUT2D eigenvalue weighted by Crippen LogP contribution is 2.32. The smallest absolute Gasteiger partial charge is 0.324 e. The minimum Gasteiger partial charge on any atom is -0.324 e. The van der Waals surface area contributed by atoms with E-state index in [0.29, 0.717) is 12.0 Å². The van der Waals surface area contributed by atoms with Crippen LogP contribution >= 0.6 is 0 Å². The van der Waals surface area contributed by atoms with Gasteiger partial charge in [-0.05, 0) is 31.0 Å². The number of hydrogen-bond acceptors (Lipinski definition) is 2. The van der Waals surface area contributed by atoms with Gasteiger partial charge in [-0.15, -0.1) is 0 Å². The van der Waals surface area contributed by atoms with E-state index in [0.717, 1.165) is 18.6 Å². The van der Waals surface area contributed by atoms with Crippen molar-refractivity contribution in [1.82, 2.24) is 0 Å². The molecule has 0 aliphatic rings. The first-order valence-electron chi connectivity index (χ1n) is 6.00. The molecule has 0 aliphatic carbocycles.